The van der Waals surface area contributed by atoms with Crippen LogP contribution in [0.1, 0.15) is 17.2 Å². The Labute approximate surface area is 123 Å². The molecule has 0 heterocycles. The van der Waals surface area contributed by atoms with Crippen LogP contribution in [0.5, 0.6) is 0 Å². The summed E-state index contributed by atoms with van der Waals surface area (Å²) in [6.45, 7) is -0.196. The number of halogens is 1. The van der Waals surface area contributed by atoms with Crippen LogP contribution < -0.4 is 4.72 Å². The van der Waals surface area contributed by atoms with E-state index in [2.05, 4.69) is 4.72 Å². The minimum absolute atomic E-state index is 0.163. The fourth-order valence-electron chi connectivity index (χ4n) is 1.88. The van der Waals surface area contributed by atoms with E-state index in [0.29, 0.717) is 11.1 Å². The average molecular weight is 309 g/mol. The summed E-state index contributed by atoms with van der Waals surface area (Å²) in [6.07, 6.45) is -1.09. The highest BCUT2D eigenvalue weighted by atomic mass is 32.2. The van der Waals surface area contributed by atoms with Gasteiger partial charge in [0.15, 0.2) is 0 Å². The molecule has 0 amide bonds. The summed E-state index contributed by atoms with van der Waals surface area (Å²) in [6, 6.07) is 14.2. The second-order valence-electron chi connectivity index (χ2n) is 4.66. The van der Waals surface area contributed by atoms with E-state index in [1.54, 1.807) is 36.4 Å². The highest BCUT2D eigenvalue weighted by molar-refractivity contribution is 7.88. The van der Waals surface area contributed by atoms with Crippen LogP contribution in [0, 0.1) is 5.82 Å². The maximum atomic E-state index is 13.0. The van der Waals surface area contributed by atoms with Crippen molar-refractivity contribution in [2.45, 2.75) is 11.9 Å². The Kier molecular flexibility index (Phi) is 5.06. The summed E-state index contributed by atoms with van der Waals surface area (Å²) in [4.78, 5) is 0. The molecule has 0 spiro atoms. The summed E-state index contributed by atoms with van der Waals surface area (Å²) in [5.74, 6) is -0.636. The molecule has 0 radical (unpaired) electrons. The molecule has 0 saturated carbocycles. The van der Waals surface area contributed by atoms with E-state index in [4.69, 9.17) is 0 Å². The second kappa shape index (κ2) is 6.80. The number of aliphatic hydroxyl groups is 1. The van der Waals surface area contributed by atoms with Crippen molar-refractivity contribution in [3.05, 3.63) is 71.5 Å². The van der Waals surface area contributed by atoms with Crippen molar-refractivity contribution in [1.82, 2.24) is 4.72 Å². The van der Waals surface area contributed by atoms with Gasteiger partial charge < -0.3 is 5.11 Å². The molecule has 112 valence electrons. The molecule has 2 N–H and O–H groups in total. The van der Waals surface area contributed by atoms with Crippen molar-refractivity contribution >= 4 is 10.0 Å². The normalized spacial score (nSPS) is 13.0. The highest BCUT2D eigenvalue weighted by Crippen LogP contribution is 2.14. The van der Waals surface area contributed by atoms with E-state index in [1.165, 1.54) is 18.2 Å². The lowest BCUT2D eigenvalue weighted by Gasteiger charge is -2.12. The maximum absolute atomic E-state index is 13.0. The first-order valence-electron chi connectivity index (χ1n) is 6.41. The molecule has 0 unspecified atom stereocenters. The number of sulfonamides is 1. The Bertz CT molecular complexity index is 689. The first kappa shape index (κ1) is 15.6. The van der Waals surface area contributed by atoms with Gasteiger partial charge in [0.25, 0.3) is 0 Å². The van der Waals surface area contributed by atoms with Crippen molar-refractivity contribution in [3.8, 4) is 0 Å². The predicted molar refractivity (Wildman–Crippen MR) is 78.4 cm³/mol. The van der Waals surface area contributed by atoms with Crippen LogP contribution in [0.3, 0.4) is 0 Å². The topological polar surface area (TPSA) is 66.4 Å². The molecule has 0 aliphatic carbocycles. The fourth-order valence-corrected chi connectivity index (χ4v) is 3.03. The third-order valence-electron chi connectivity index (χ3n) is 2.93. The first-order valence-corrected chi connectivity index (χ1v) is 8.06. The van der Waals surface area contributed by atoms with Crippen molar-refractivity contribution in [1.29, 1.82) is 0 Å². The molecule has 0 bridgehead atoms. The average Bonchev–Trinajstić information content (AvgIpc) is 2.45. The predicted octanol–water partition coefficient (Wildman–Crippen LogP) is 1.98. The zero-order chi connectivity index (χ0) is 15.3. The van der Waals surface area contributed by atoms with Crippen molar-refractivity contribution in [3.63, 3.8) is 0 Å². The van der Waals surface area contributed by atoms with Crippen LogP contribution in [0.2, 0.25) is 0 Å². The lowest BCUT2D eigenvalue weighted by molar-refractivity contribution is 0.181. The highest BCUT2D eigenvalue weighted by Gasteiger charge is 2.15. The van der Waals surface area contributed by atoms with Gasteiger partial charge in [0.1, 0.15) is 5.82 Å². The van der Waals surface area contributed by atoms with E-state index >= 15 is 0 Å². The van der Waals surface area contributed by atoms with Gasteiger partial charge in [-0.15, -0.1) is 0 Å². The van der Waals surface area contributed by atoms with Gasteiger partial charge >= 0.3 is 0 Å². The van der Waals surface area contributed by atoms with Crippen LogP contribution >= 0.6 is 0 Å². The lowest BCUT2D eigenvalue weighted by Crippen LogP contribution is -2.29. The Hall–Kier alpha value is -1.76. The van der Waals surface area contributed by atoms with Gasteiger partial charge in [0.05, 0.1) is 11.9 Å². The summed E-state index contributed by atoms with van der Waals surface area (Å²) < 4.78 is 39.2. The Morgan fingerprint density at radius 2 is 1.81 bits per heavy atom. The summed E-state index contributed by atoms with van der Waals surface area (Å²) in [5.41, 5.74) is 0.989. The van der Waals surface area contributed by atoms with Crippen LogP contribution in [0.25, 0.3) is 0 Å². The van der Waals surface area contributed by atoms with Gasteiger partial charge in [-0.1, -0.05) is 42.5 Å². The Morgan fingerprint density at radius 1 is 1.10 bits per heavy atom. The molecule has 2 aromatic rings. The zero-order valence-electron chi connectivity index (χ0n) is 11.2. The zero-order valence-corrected chi connectivity index (χ0v) is 12.1. The van der Waals surface area contributed by atoms with Gasteiger partial charge in [0.2, 0.25) is 10.0 Å². The number of hydrogen-bond acceptors (Lipinski definition) is 3. The fraction of sp³-hybridized carbons (Fsp3) is 0.200. The van der Waals surface area contributed by atoms with Gasteiger partial charge in [-0.25, -0.2) is 17.5 Å². The van der Waals surface area contributed by atoms with E-state index in [-0.39, 0.29) is 12.3 Å². The molecule has 2 aromatic carbocycles. The quantitative estimate of drug-likeness (QED) is 0.857. The SMILES string of the molecule is O=S(=O)(Cc1ccccc1)NC[C@@H](O)c1cccc(F)c1. The summed E-state index contributed by atoms with van der Waals surface area (Å²) in [7, 11) is -3.55. The molecule has 4 nitrogen and oxygen atoms in total. The monoisotopic (exact) mass is 309 g/mol. The van der Waals surface area contributed by atoms with Crippen LogP contribution in [-0.4, -0.2) is 20.1 Å². The minimum atomic E-state index is -3.55. The van der Waals surface area contributed by atoms with Crippen molar-refractivity contribution in [2.75, 3.05) is 6.54 Å². The number of benzene rings is 2. The standard InChI is InChI=1S/C15H16FNO3S/c16-14-8-4-7-13(9-14)15(18)10-17-21(19,20)11-12-5-2-1-3-6-12/h1-9,15,17-18H,10-11H2/t15-/m1/s1. The smallest absolute Gasteiger partial charge is 0.215 e. The maximum Gasteiger partial charge on any atom is 0.215 e. The molecule has 0 aliphatic heterocycles. The summed E-state index contributed by atoms with van der Waals surface area (Å²) in [5, 5.41) is 9.88. The Balaban J connectivity index is 1.95. The lowest BCUT2D eigenvalue weighted by atomic mass is 10.1. The third-order valence-corrected chi connectivity index (χ3v) is 4.25. The van der Waals surface area contributed by atoms with Gasteiger partial charge in [-0.2, -0.15) is 0 Å². The first-order chi connectivity index (χ1) is 9.96. The van der Waals surface area contributed by atoms with Crippen LogP contribution in [0.15, 0.2) is 54.6 Å². The molecular formula is C15H16FNO3S. The largest absolute Gasteiger partial charge is 0.387 e. The molecule has 0 aliphatic rings. The molecule has 6 heteroatoms. The molecular weight excluding hydrogens is 293 g/mol. The number of rotatable bonds is 6. The number of hydrogen-bond donors (Lipinski definition) is 2. The second-order valence-corrected chi connectivity index (χ2v) is 6.47. The van der Waals surface area contributed by atoms with Crippen LogP contribution in [-0.2, 0) is 15.8 Å². The molecule has 21 heavy (non-hydrogen) atoms. The number of aliphatic hydroxyl groups excluding tert-OH is 1. The molecule has 0 saturated heterocycles. The summed E-state index contributed by atoms with van der Waals surface area (Å²) >= 11 is 0. The Morgan fingerprint density at radius 3 is 2.48 bits per heavy atom. The third kappa shape index (κ3) is 4.93. The van der Waals surface area contributed by atoms with Crippen LogP contribution in [0.4, 0.5) is 4.39 Å². The van der Waals surface area contributed by atoms with Crippen molar-refractivity contribution in [2.24, 2.45) is 0 Å². The van der Waals surface area contributed by atoms with Gasteiger partial charge in [0, 0.05) is 6.54 Å². The molecule has 2 rings (SSSR count). The molecule has 0 fully saturated rings. The van der Waals surface area contributed by atoms with E-state index in [1.807, 2.05) is 0 Å². The molecule has 0 aromatic heterocycles. The number of nitrogens with one attached hydrogen (secondary N) is 1. The van der Waals surface area contributed by atoms with Crippen molar-refractivity contribution < 1.29 is 17.9 Å². The molecule has 1 atom stereocenters. The van der Waals surface area contributed by atoms with E-state index in [0.717, 1.165) is 0 Å². The minimum Gasteiger partial charge on any atom is -0.387 e. The van der Waals surface area contributed by atoms with Gasteiger partial charge in [-0.05, 0) is 23.3 Å². The van der Waals surface area contributed by atoms with E-state index < -0.39 is 21.9 Å². The van der Waals surface area contributed by atoms with Gasteiger partial charge in [-0.3, -0.25) is 0 Å². The van der Waals surface area contributed by atoms with E-state index in [9.17, 15) is 17.9 Å².